The molecule has 0 aliphatic carbocycles. The zero-order chi connectivity index (χ0) is 33.2. The minimum atomic E-state index is -4.71. The Morgan fingerprint density at radius 3 is 2.41 bits per heavy atom. The summed E-state index contributed by atoms with van der Waals surface area (Å²) in [5, 5.41) is 12.7. The molecule has 1 aliphatic rings. The third kappa shape index (κ3) is 6.84. The van der Waals surface area contributed by atoms with Crippen molar-refractivity contribution in [3.8, 4) is 11.8 Å². The Morgan fingerprint density at radius 2 is 1.72 bits per heavy atom. The van der Waals surface area contributed by atoms with Gasteiger partial charge in [0.2, 0.25) is 10.0 Å². The molecule has 1 aliphatic heterocycles. The maximum absolute atomic E-state index is 13.8. The molecule has 1 saturated heterocycles. The van der Waals surface area contributed by atoms with Gasteiger partial charge in [-0.25, -0.2) is 8.42 Å². The van der Waals surface area contributed by atoms with Crippen molar-refractivity contribution in [3.05, 3.63) is 109 Å². The van der Waals surface area contributed by atoms with Gasteiger partial charge in [-0.15, -0.1) is 11.3 Å². The second-order valence-electron chi connectivity index (χ2n) is 10.9. The maximum atomic E-state index is 13.8. The Bertz CT molecular complexity index is 2160. The average molecular weight is 667 g/mol. The van der Waals surface area contributed by atoms with Crippen molar-refractivity contribution >= 4 is 44.6 Å². The third-order valence-electron chi connectivity index (χ3n) is 7.57. The molecule has 2 heterocycles. The van der Waals surface area contributed by atoms with Crippen LogP contribution in [0.25, 0.3) is 17.3 Å². The molecule has 1 fully saturated rings. The largest absolute Gasteiger partial charge is 0.416 e. The summed E-state index contributed by atoms with van der Waals surface area (Å²) in [5.74, 6) is -0.963. The lowest BCUT2D eigenvalue weighted by Gasteiger charge is -2.26. The molecule has 3 aromatic carbocycles. The molecule has 1 amide bonds. The average Bonchev–Trinajstić information content (AvgIpc) is 3.34. The van der Waals surface area contributed by atoms with Gasteiger partial charge < -0.3 is 5.32 Å². The van der Waals surface area contributed by atoms with Crippen LogP contribution in [0.4, 0.5) is 18.9 Å². The lowest BCUT2D eigenvalue weighted by atomic mass is 10.1. The maximum Gasteiger partial charge on any atom is 0.416 e. The number of benzene rings is 3. The van der Waals surface area contributed by atoms with E-state index in [0.717, 1.165) is 64.5 Å². The van der Waals surface area contributed by atoms with Crippen LogP contribution in [-0.4, -0.2) is 36.3 Å². The van der Waals surface area contributed by atoms with Crippen molar-refractivity contribution < 1.29 is 26.4 Å². The summed E-state index contributed by atoms with van der Waals surface area (Å²) in [4.78, 5) is 27.3. The summed E-state index contributed by atoms with van der Waals surface area (Å²) >= 11 is 0.792. The predicted octanol–water partition coefficient (Wildman–Crippen LogP) is 4.85. The summed E-state index contributed by atoms with van der Waals surface area (Å²) in [5.41, 5.74) is 0.0935. The Kier molecular flexibility index (Phi) is 9.34. The number of nitrogens with one attached hydrogen (secondary N) is 1. The fourth-order valence-electron chi connectivity index (χ4n) is 5.14. The van der Waals surface area contributed by atoms with Crippen LogP contribution in [-0.2, 0) is 21.0 Å². The smallest absolute Gasteiger partial charge is 0.321 e. The van der Waals surface area contributed by atoms with Gasteiger partial charge in [-0.2, -0.15) is 22.7 Å². The standard InChI is InChI=1S/C33H29F3N4O4S2/c1-21-12-13-22(2)23(16-21)17-29-31(42)40(26-10-6-8-24(18-26)33(34,35)36)32(45-29)28(20-37)30(41)38-25-9-7-11-27(19-25)46(43,44)39-14-4-3-5-15-39/h6-13,16-19H,3-5,14-15H2,1-2H3,(H,38,41). The monoisotopic (exact) mass is 666 g/mol. The van der Waals surface area contributed by atoms with Crippen LogP contribution in [0.15, 0.2) is 76.4 Å². The van der Waals surface area contributed by atoms with E-state index in [1.807, 2.05) is 38.1 Å². The first-order valence-corrected chi connectivity index (χ1v) is 16.6. The molecule has 8 nitrogen and oxygen atoms in total. The number of sulfonamides is 1. The van der Waals surface area contributed by atoms with E-state index in [1.165, 1.54) is 34.6 Å². The topological polar surface area (TPSA) is 112 Å². The zero-order valence-corrected chi connectivity index (χ0v) is 26.5. The van der Waals surface area contributed by atoms with Crippen LogP contribution in [0.3, 0.4) is 0 Å². The van der Waals surface area contributed by atoms with Crippen LogP contribution >= 0.6 is 11.3 Å². The summed E-state index contributed by atoms with van der Waals surface area (Å²) in [6.07, 6.45) is -0.707. The van der Waals surface area contributed by atoms with E-state index < -0.39 is 38.8 Å². The molecule has 5 rings (SSSR count). The highest BCUT2D eigenvalue weighted by Crippen LogP contribution is 2.30. The van der Waals surface area contributed by atoms with Gasteiger partial charge in [0.1, 0.15) is 10.7 Å². The number of carbonyl (C=O) groups is 1. The van der Waals surface area contributed by atoms with Gasteiger partial charge in [0.25, 0.3) is 11.5 Å². The minimum Gasteiger partial charge on any atom is -0.321 e. The van der Waals surface area contributed by atoms with Crippen molar-refractivity contribution in [2.75, 3.05) is 18.4 Å². The van der Waals surface area contributed by atoms with E-state index in [2.05, 4.69) is 5.32 Å². The molecule has 0 unspecified atom stereocenters. The van der Waals surface area contributed by atoms with Crippen LogP contribution in [0.5, 0.6) is 0 Å². The van der Waals surface area contributed by atoms with Gasteiger partial charge in [-0.3, -0.25) is 14.2 Å². The fourth-order valence-corrected chi connectivity index (χ4v) is 7.80. The number of hydrogen-bond acceptors (Lipinski definition) is 6. The number of rotatable bonds is 6. The number of piperidine rings is 1. The van der Waals surface area contributed by atoms with E-state index in [0.29, 0.717) is 18.7 Å². The number of amides is 1. The number of nitriles is 1. The summed E-state index contributed by atoms with van der Waals surface area (Å²) in [6.45, 7) is 4.48. The third-order valence-corrected chi connectivity index (χ3v) is 10.6. The van der Waals surface area contributed by atoms with Gasteiger partial charge in [-0.05, 0) is 80.3 Å². The number of halogens is 3. The highest BCUT2D eigenvalue weighted by molar-refractivity contribution is 7.89. The van der Waals surface area contributed by atoms with E-state index in [9.17, 15) is 36.4 Å². The number of nitrogens with zero attached hydrogens (tertiary/aromatic N) is 3. The molecule has 238 valence electrons. The number of aromatic nitrogens is 1. The van der Waals surface area contributed by atoms with E-state index >= 15 is 0 Å². The first-order valence-electron chi connectivity index (χ1n) is 14.3. The highest BCUT2D eigenvalue weighted by atomic mass is 32.2. The first kappa shape index (κ1) is 32.9. The first-order chi connectivity index (χ1) is 21.8. The molecule has 0 radical (unpaired) electrons. The van der Waals surface area contributed by atoms with Gasteiger partial charge in [-0.1, -0.05) is 42.3 Å². The summed E-state index contributed by atoms with van der Waals surface area (Å²) < 4.78 is 69.5. The number of alkyl halides is 3. The number of thiazole rings is 1. The lowest BCUT2D eigenvalue weighted by molar-refractivity contribution is -0.137. The molecule has 1 N–H and O–H groups in total. The van der Waals surface area contributed by atoms with Gasteiger partial charge in [0.15, 0.2) is 5.57 Å². The molecular formula is C33H29F3N4O4S2. The second kappa shape index (κ2) is 13.1. The number of carbonyl (C=O) groups excluding carboxylic acids is 1. The minimum absolute atomic E-state index is 0.0342. The Morgan fingerprint density at radius 1 is 1.00 bits per heavy atom. The fraction of sp³-hybridized carbons (Fsp3) is 0.242. The van der Waals surface area contributed by atoms with Crippen molar-refractivity contribution in [1.29, 1.82) is 5.26 Å². The molecular weight excluding hydrogens is 638 g/mol. The molecule has 0 spiro atoms. The quantitative estimate of drug-likeness (QED) is 0.316. The Balaban J connectivity index is 1.66. The number of aryl methyl sites for hydroxylation is 2. The number of anilines is 1. The van der Waals surface area contributed by atoms with Gasteiger partial charge in [0, 0.05) is 18.8 Å². The van der Waals surface area contributed by atoms with Crippen LogP contribution in [0.1, 0.15) is 41.5 Å². The summed E-state index contributed by atoms with van der Waals surface area (Å²) in [6, 6.07) is 17.1. The Labute approximate surface area is 267 Å². The van der Waals surface area contributed by atoms with Crippen molar-refractivity contribution in [2.24, 2.45) is 0 Å². The van der Waals surface area contributed by atoms with Crippen LogP contribution in [0, 0.1) is 25.2 Å². The van der Waals surface area contributed by atoms with E-state index in [4.69, 9.17) is 0 Å². The molecule has 0 atom stereocenters. The predicted molar refractivity (Wildman–Crippen MR) is 170 cm³/mol. The van der Waals surface area contributed by atoms with E-state index in [1.54, 1.807) is 6.08 Å². The van der Waals surface area contributed by atoms with E-state index in [-0.39, 0.29) is 25.5 Å². The molecule has 1 aromatic heterocycles. The summed E-state index contributed by atoms with van der Waals surface area (Å²) in [7, 11) is -3.83. The molecule has 13 heteroatoms. The van der Waals surface area contributed by atoms with Gasteiger partial charge in [0.05, 0.1) is 20.7 Å². The van der Waals surface area contributed by atoms with Crippen molar-refractivity contribution in [2.45, 2.75) is 44.2 Å². The molecule has 0 bridgehead atoms. The van der Waals surface area contributed by atoms with Crippen LogP contribution in [0.2, 0.25) is 0 Å². The molecule has 0 saturated carbocycles. The van der Waals surface area contributed by atoms with Crippen molar-refractivity contribution in [3.63, 3.8) is 0 Å². The van der Waals surface area contributed by atoms with Gasteiger partial charge >= 0.3 is 6.18 Å². The van der Waals surface area contributed by atoms with Crippen molar-refractivity contribution in [1.82, 2.24) is 8.87 Å². The lowest BCUT2D eigenvalue weighted by Crippen LogP contribution is -2.35. The molecule has 4 aromatic rings. The second-order valence-corrected chi connectivity index (χ2v) is 13.9. The SMILES string of the molecule is Cc1ccc(C)c(C=c2sc(=C(C#N)C(=O)Nc3cccc(S(=O)(=O)N4CCCCC4)c3)n(-c3cccc(C(F)(F)F)c3)c2=O)c1. The zero-order valence-electron chi connectivity index (χ0n) is 24.9. The van der Waals surface area contributed by atoms with Crippen LogP contribution < -0.4 is 20.1 Å². The molecule has 46 heavy (non-hydrogen) atoms. The normalized spacial score (nSPS) is 15.3. The Hall–Kier alpha value is -4.51. The highest BCUT2D eigenvalue weighted by Gasteiger charge is 2.31. The number of hydrogen-bond donors (Lipinski definition) is 1.